The van der Waals surface area contributed by atoms with E-state index in [0.717, 1.165) is 24.3 Å². The number of benzene rings is 1. The molecule has 0 bridgehead atoms. The molecule has 30 heavy (non-hydrogen) atoms. The number of carbonyl (C=O) groups excluding carboxylic acids is 1. The molecule has 4 heterocycles. The lowest BCUT2D eigenvalue weighted by atomic mass is 10.2. The number of fused-ring (bicyclic) bond motifs is 3. The Hall–Kier alpha value is -3.72. The van der Waals surface area contributed by atoms with Crippen molar-refractivity contribution < 1.29 is 13.9 Å². The number of morpholine rings is 1. The molecule has 9 heteroatoms. The molecule has 1 amide bonds. The standard InChI is InChI=1S/C21H19N5O4/c27-18(24-14-5-6-17(22-11-14)25-7-9-29-10-8-25)12-26-13-23-19-15-3-1-2-4-16(15)30-20(19)21(26)28/h1-6,11,13H,7-10,12H2,(H,24,27). The summed E-state index contributed by atoms with van der Waals surface area (Å²) in [6.45, 7) is 2.76. The Morgan fingerprint density at radius 1 is 1.10 bits per heavy atom. The number of furan rings is 1. The highest BCUT2D eigenvalue weighted by atomic mass is 16.5. The number of amides is 1. The van der Waals surface area contributed by atoms with Crippen molar-refractivity contribution in [2.75, 3.05) is 36.5 Å². The zero-order valence-electron chi connectivity index (χ0n) is 16.1. The van der Waals surface area contributed by atoms with Crippen molar-refractivity contribution in [3.05, 3.63) is 59.3 Å². The van der Waals surface area contributed by atoms with Crippen molar-refractivity contribution in [3.8, 4) is 0 Å². The van der Waals surface area contributed by atoms with Crippen molar-refractivity contribution >= 4 is 39.5 Å². The fraction of sp³-hybridized carbons (Fsp3) is 0.238. The third-order valence-corrected chi connectivity index (χ3v) is 5.03. The maximum atomic E-state index is 12.7. The van der Waals surface area contributed by atoms with Gasteiger partial charge in [-0.25, -0.2) is 9.97 Å². The van der Waals surface area contributed by atoms with Gasteiger partial charge in [0.05, 0.1) is 31.4 Å². The van der Waals surface area contributed by atoms with Crippen LogP contribution in [-0.4, -0.2) is 46.7 Å². The van der Waals surface area contributed by atoms with E-state index >= 15 is 0 Å². The fourth-order valence-corrected chi connectivity index (χ4v) is 3.52. The molecule has 1 N–H and O–H groups in total. The molecular weight excluding hydrogens is 386 g/mol. The molecule has 0 saturated carbocycles. The van der Waals surface area contributed by atoms with Crippen LogP contribution in [-0.2, 0) is 16.1 Å². The molecule has 0 spiro atoms. The summed E-state index contributed by atoms with van der Waals surface area (Å²) in [5.41, 5.74) is 1.39. The lowest BCUT2D eigenvalue weighted by Crippen LogP contribution is -2.36. The maximum Gasteiger partial charge on any atom is 0.297 e. The molecule has 1 aromatic carbocycles. The number of hydrogen-bond acceptors (Lipinski definition) is 7. The Morgan fingerprint density at radius 3 is 2.73 bits per heavy atom. The second kappa shape index (κ2) is 7.60. The van der Waals surface area contributed by atoms with Gasteiger partial charge in [-0.15, -0.1) is 0 Å². The Morgan fingerprint density at radius 2 is 1.93 bits per heavy atom. The van der Waals surface area contributed by atoms with E-state index in [4.69, 9.17) is 9.15 Å². The van der Waals surface area contributed by atoms with Crippen LogP contribution in [0.5, 0.6) is 0 Å². The van der Waals surface area contributed by atoms with Gasteiger partial charge in [0.2, 0.25) is 11.5 Å². The molecule has 0 aliphatic carbocycles. The van der Waals surface area contributed by atoms with Crippen LogP contribution < -0.4 is 15.8 Å². The second-order valence-electron chi connectivity index (χ2n) is 7.01. The van der Waals surface area contributed by atoms with Crippen LogP contribution in [0.1, 0.15) is 0 Å². The number of rotatable bonds is 4. The Labute approximate surface area is 170 Å². The highest BCUT2D eigenvalue weighted by molar-refractivity contribution is 6.01. The number of pyridine rings is 1. The molecule has 0 atom stereocenters. The minimum atomic E-state index is -0.396. The predicted molar refractivity (Wildman–Crippen MR) is 112 cm³/mol. The van der Waals surface area contributed by atoms with Crippen LogP contribution >= 0.6 is 0 Å². The van der Waals surface area contributed by atoms with Crippen LogP contribution in [0.2, 0.25) is 0 Å². The molecule has 3 aromatic heterocycles. The second-order valence-corrected chi connectivity index (χ2v) is 7.01. The van der Waals surface area contributed by atoms with Crippen LogP contribution in [0.25, 0.3) is 22.1 Å². The molecule has 0 radical (unpaired) electrons. The fourth-order valence-electron chi connectivity index (χ4n) is 3.52. The average Bonchev–Trinajstić information content (AvgIpc) is 3.16. The third kappa shape index (κ3) is 3.39. The number of nitrogens with one attached hydrogen (secondary N) is 1. The molecule has 9 nitrogen and oxygen atoms in total. The van der Waals surface area contributed by atoms with Crippen molar-refractivity contribution in [1.29, 1.82) is 0 Å². The topological polar surface area (TPSA) is 102 Å². The monoisotopic (exact) mass is 405 g/mol. The van der Waals surface area contributed by atoms with Gasteiger partial charge < -0.3 is 19.4 Å². The first-order valence-electron chi connectivity index (χ1n) is 9.64. The molecule has 0 unspecified atom stereocenters. The van der Waals surface area contributed by atoms with E-state index in [0.29, 0.717) is 30.0 Å². The largest absolute Gasteiger partial charge is 0.448 e. The van der Waals surface area contributed by atoms with Crippen LogP contribution in [0.4, 0.5) is 11.5 Å². The average molecular weight is 405 g/mol. The van der Waals surface area contributed by atoms with E-state index in [2.05, 4.69) is 20.2 Å². The summed E-state index contributed by atoms with van der Waals surface area (Å²) in [4.78, 5) is 36.0. The molecule has 152 valence electrons. The first kappa shape index (κ1) is 18.3. The summed E-state index contributed by atoms with van der Waals surface area (Å²) in [6.07, 6.45) is 2.97. The highest BCUT2D eigenvalue weighted by Gasteiger charge is 2.15. The number of ether oxygens (including phenoxy) is 1. The van der Waals surface area contributed by atoms with Crippen molar-refractivity contribution in [1.82, 2.24) is 14.5 Å². The summed E-state index contributed by atoms with van der Waals surface area (Å²) in [5.74, 6) is 0.488. The van der Waals surface area contributed by atoms with Crippen molar-refractivity contribution in [2.45, 2.75) is 6.54 Å². The summed E-state index contributed by atoms with van der Waals surface area (Å²) >= 11 is 0. The molecule has 1 fully saturated rings. The number of nitrogens with zero attached hydrogens (tertiary/aromatic N) is 4. The van der Waals surface area contributed by atoms with Gasteiger partial charge in [0.25, 0.3) is 5.56 Å². The van der Waals surface area contributed by atoms with Gasteiger partial charge in [-0.1, -0.05) is 12.1 Å². The number of hydrogen-bond donors (Lipinski definition) is 1. The van der Waals surface area contributed by atoms with Crippen LogP contribution in [0.15, 0.2) is 58.1 Å². The summed E-state index contributed by atoms with van der Waals surface area (Å²) < 4.78 is 12.2. The van der Waals surface area contributed by atoms with E-state index < -0.39 is 5.56 Å². The summed E-state index contributed by atoms with van der Waals surface area (Å²) in [5, 5.41) is 3.53. The smallest absolute Gasteiger partial charge is 0.297 e. The summed E-state index contributed by atoms with van der Waals surface area (Å²) in [7, 11) is 0. The summed E-state index contributed by atoms with van der Waals surface area (Å²) in [6, 6.07) is 11.0. The maximum absolute atomic E-state index is 12.7. The third-order valence-electron chi connectivity index (χ3n) is 5.03. The molecule has 5 rings (SSSR count). The van der Waals surface area contributed by atoms with Gasteiger partial charge in [-0.05, 0) is 24.3 Å². The predicted octanol–water partition coefficient (Wildman–Crippen LogP) is 2.01. The Kier molecular flexibility index (Phi) is 4.64. The molecule has 1 saturated heterocycles. The van der Waals surface area contributed by atoms with Gasteiger partial charge in [-0.2, -0.15) is 0 Å². The van der Waals surface area contributed by atoms with Gasteiger partial charge in [0.15, 0.2) is 0 Å². The molecule has 1 aliphatic rings. The van der Waals surface area contributed by atoms with E-state index in [9.17, 15) is 9.59 Å². The molecular formula is C21H19N5O4. The highest BCUT2D eigenvalue weighted by Crippen LogP contribution is 2.24. The van der Waals surface area contributed by atoms with Gasteiger partial charge in [-0.3, -0.25) is 14.2 Å². The minimum absolute atomic E-state index is 0.142. The first-order chi connectivity index (χ1) is 14.7. The van der Waals surface area contributed by atoms with Crippen molar-refractivity contribution in [3.63, 3.8) is 0 Å². The zero-order valence-corrected chi connectivity index (χ0v) is 16.1. The van der Waals surface area contributed by atoms with E-state index in [-0.39, 0.29) is 18.0 Å². The van der Waals surface area contributed by atoms with Crippen LogP contribution in [0.3, 0.4) is 0 Å². The normalized spacial score (nSPS) is 14.3. The van der Waals surface area contributed by atoms with Gasteiger partial charge >= 0.3 is 0 Å². The quantitative estimate of drug-likeness (QED) is 0.554. The lowest BCUT2D eigenvalue weighted by Gasteiger charge is -2.27. The van der Waals surface area contributed by atoms with E-state index in [1.165, 1.54) is 10.9 Å². The molecule has 1 aliphatic heterocycles. The number of carbonyl (C=O) groups is 1. The van der Waals surface area contributed by atoms with Crippen LogP contribution in [0, 0.1) is 0 Å². The number of para-hydroxylation sites is 1. The van der Waals surface area contributed by atoms with E-state index in [1.54, 1.807) is 18.3 Å². The van der Waals surface area contributed by atoms with Gasteiger partial charge in [0, 0.05) is 18.5 Å². The number of aromatic nitrogens is 3. The minimum Gasteiger partial charge on any atom is -0.448 e. The van der Waals surface area contributed by atoms with Crippen molar-refractivity contribution in [2.24, 2.45) is 0 Å². The SMILES string of the molecule is O=C(Cn1cnc2c(oc3ccccc32)c1=O)Nc1ccc(N2CCOCC2)nc1. The van der Waals surface area contributed by atoms with Gasteiger partial charge in [0.1, 0.15) is 23.5 Å². The first-order valence-corrected chi connectivity index (χ1v) is 9.64. The molecule has 4 aromatic rings. The lowest BCUT2D eigenvalue weighted by molar-refractivity contribution is -0.116. The number of anilines is 2. The zero-order chi connectivity index (χ0) is 20.5. The Bertz CT molecular complexity index is 1270. The van der Waals surface area contributed by atoms with E-state index in [1.807, 2.05) is 24.3 Å². The Balaban J connectivity index is 1.31.